The highest BCUT2D eigenvalue weighted by Crippen LogP contribution is 2.34. The highest BCUT2D eigenvalue weighted by atomic mass is 16.6. The summed E-state index contributed by atoms with van der Waals surface area (Å²) in [6.07, 6.45) is 0.788. The summed E-state index contributed by atoms with van der Waals surface area (Å²) in [6, 6.07) is 15.0. The first-order valence-electron chi connectivity index (χ1n) is 21.6. The number of rotatable bonds is 24. The molecular formula is C46H70N4O11. The minimum absolute atomic E-state index is 0.271. The lowest BCUT2D eigenvalue weighted by Gasteiger charge is -2.37. The van der Waals surface area contributed by atoms with E-state index in [0.29, 0.717) is 98.5 Å². The molecular weight excluding hydrogens is 785 g/mol. The first-order chi connectivity index (χ1) is 29.1. The number of benzene rings is 2. The number of carbonyl (C=O) groups excluding carboxylic acids is 4. The average Bonchev–Trinajstić information content (AvgIpc) is 3.85. The number of fused-ring (bicyclic) bond motifs is 1. The van der Waals surface area contributed by atoms with Gasteiger partial charge in [0, 0.05) is 20.0 Å². The first-order valence-corrected chi connectivity index (χ1v) is 21.6. The molecule has 0 radical (unpaired) electrons. The van der Waals surface area contributed by atoms with Crippen LogP contribution in [0.4, 0.5) is 4.79 Å². The van der Waals surface area contributed by atoms with Crippen LogP contribution in [0.3, 0.4) is 0 Å². The smallest absolute Gasteiger partial charge is 0.410 e. The second-order valence-electron chi connectivity index (χ2n) is 17.6. The van der Waals surface area contributed by atoms with Gasteiger partial charge in [0.05, 0.1) is 84.8 Å². The van der Waals surface area contributed by atoms with Crippen molar-refractivity contribution in [2.75, 3.05) is 79.7 Å². The number of carbonyl (C=O) groups is 4. The molecule has 2 aromatic carbocycles. The van der Waals surface area contributed by atoms with E-state index >= 15 is 0 Å². The van der Waals surface area contributed by atoms with Gasteiger partial charge < -0.3 is 48.7 Å². The summed E-state index contributed by atoms with van der Waals surface area (Å²) in [5, 5.41) is 6.10. The molecule has 1 aliphatic heterocycles. The minimum atomic E-state index is -0.947. The lowest BCUT2D eigenvalue weighted by Crippen LogP contribution is -2.60. The topological polar surface area (TPSA) is 163 Å². The third-order valence-electron chi connectivity index (χ3n) is 10.5. The van der Waals surface area contributed by atoms with Crippen molar-refractivity contribution in [3.05, 3.63) is 71.3 Å². The van der Waals surface area contributed by atoms with Crippen LogP contribution in [0, 0.1) is 5.41 Å². The van der Waals surface area contributed by atoms with Crippen molar-refractivity contribution < 1.29 is 52.3 Å². The maximum atomic E-state index is 14.2. The van der Waals surface area contributed by atoms with Crippen molar-refractivity contribution in [3.63, 3.8) is 0 Å². The molecule has 340 valence electrons. The second kappa shape index (κ2) is 24.5. The summed E-state index contributed by atoms with van der Waals surface area (Å²) in [4.78, 5) is 57.2. The van der Waals surface area contributed by atoms with Crippen LogP contribution < -0.4 is 10.6 Å². The molecule has 2 N–H and O–H groups in total. The van der Waals surface area contributed by atoms with Gasteiger partial charge in [-0.05, 0) is 62.6 Å². The van der Waals surface area contributed by atoms with Crippen molar-refractivity contribution in [2.45, 2.75) is 110 Å². The second-order valence-corrected chi connectivity index (χ2v) is 17.6. The van der Waals surface area contributed by atoms with E-state index in [1.165, 1.54) is 11.9 Å². The summed E-state index contributed by atoms with van der Waals surface area (Å²) >= 11 is 0. The molecule has 0 unspecified atom stereocenters. The third kappa shape index (κ3) is 16.3. The van der Waals surface area contributed by atoms with E-state index in [2.05, 4.69) is 10.6 Å². The van der Waals surface area contributed by atoms with Gasteiger partial charge in [0.15, 0.2) is 0 Å². The van der Waals surface area contributed by atoms with Crippen LogP contribution in [-0.2, 0) is 60.6 Å². The van der Waals surface area contributed by atoms with Crippen LogP contribution in [-0.4, -0.2) is 143 Å². The quantitative estimate of drug-likeness (QED) is 0.139. The van der Waals surface area contributed by atoms with Gasteiger partial charge in [0.1, 0.15) is 23.7 Å². The highest BCUT2D eigenvalue weighted by Gasteiger charge is 2.44. The number of nitrogens with one attached hydrogen (secondary N) is 2. The summed E-state index contributed by atoms with van der Waals surface area (Å²) in [5.74, 6) is -1.12. The molecule has 1 aliphatic carbocycles. The SMILES string of the molecule is C[C@@H](C(=O)N[C@H](C(=O)N1CCC[C@H]1C(=O)N[C@H]1c2ccccc2C[C@H]1OCCOCCOCCOCCOCCOCc1ccccc1)C(C)(C)C)N(C)C(=O)OC(C)(C)C. The molecule has 5 atom stereocenters. The van der Waals surface area contributed by atoms with Gasteiger partial charge >= 0.3 is 6.09 Å². The van der Waals surface area contributed by atoms with Gasteiger partial charge in [0.25, 0.3) is 0 Å². The molecule has 15 nitrogen and oxygen atoms in total. The summed E-state index contributed by atoms with van der Waals surface area (Å²) in [7, 11) is 1.49. The Hall–Kier alpha value is -4.12. The summed E-state index contributed by atoms with van der Waals surface area (Å²) in [6.45, 7) is 17.8. The van der Waals surface area contributed by atoms with E-state index in [9.17, 15) is 19.2 Å². The van der Waals surface area contributed by atoms with E-state index in [4.69, 9.17) is 33.2 Å². The van der Waals surface area contributed by atoms with Gasteiger partial charge in [-0.3, -0.25) is 19.3 Å². The van der Waals surface area contributed by atoms with E-state index < -0.39 is 47.2 Å². The molecule has 2 aromatic rings. The maximum Gasteiger partial charge on any atom is 0.410 e. The van der Waals surface area contributed by atoms with E-state index in [1.54, 1.807) is 32.6 Å². The zero-order valence-corrected chi connectivity index (χ0v) is 37.6. The molecule has 4 amide bonds. The van der Waals surface area contributed by atoms with Crippen molar-refractivity contribution in [1.82, 2.24) is 20.4 Å². The molecule has 2 aliphatic rings. The van der Waals surface area contributed by atoms with Crippen molar-refractivity contribution >= 4 is 23.8 Å². The van der Waals surface area contributed by atoms with Crippen molar-refractivity contribution in [2.24, 2.45) is 5.41 Å². The zero-order chi connectivity index (χ0) is 44.4. The Labute approximate surface area is 362 Å². The standard InChI is InChI=1S/C46H70N4O11/c1-33(49(8)44(54)61-46(5,6)7)41(51)48-40(45(2,3)4)43(53)50-20-14-19-37(50)42(52)47-39-36-18-13-12-17-35(36)31-38(39)60-30-29-58-26-25-56-22-21-55-23-24-57-27-28-59-32-34-15-10-9-11-16-34/h9-13,15-18,33,37-40H,14,19-32H2,1-8H3,(H,47,52)(H,48,51)/t33-,37-,38+,39-,40+/m0/s1. The Bertz CT molecular complexity index is 1660. The molecule has 1 heterocycles. The first kappa shape index (κ1) is 49.5. The number of hydrogen-bond donors (Lipinski definition) is 2. The fourth-order valence-corrected chi connectivity index (χ4v) is 7.08. The Morgan fingerprint density at radius 2 is 1.33 bits per heavy atom. The molecule has 61 heavy (non-hydrogen) atoms. The molecule has 1 fully saturated rings. The van der Waals surface area contributed by atoms with Gasteiger partial charge in [-0.25, -0.2) is 4.79 Å². The van der Waals surface area contributed by atoms with Gasteiger partial charge in [-0.1, -0.05) is 75.4 Å². The number of hydrogen-bond acceptors (Lipinski definition) is 11. The Morgan fingerprint density at radius 1 is 0.770 bits per heavy atom. The largest absolute Gasteiger partial charge is 0.444 e. The zero-order valence-electron chi connectivity index (χ0n) is 37.6. The van der Waals surface area contributed by atoms with Gasteiger partial charge in [-0.15, -0.1) is 0 Å². The Kier molecular flexibility index (Phi) is 19.9. The molecule has 0 saturated carbocycles. The normalized spacial score (nSPS) is 18.6. The van der Waals surface area contributed by atoms with Crippen LogP contribution in [0.5, 0.6) is 0 Å². The van der Waals surface area contributed by atoms with E-state index in [0.717, 1.165) is 16.7 Å². The third-order valence-corrected chi connectivity index (χ3v) is 10.5. The lowest BCUT2D eigenvalue weighted by atomic mass is 9.85. The van der Waals surface area contributed by atoms with Crippen LogP contribution in [0.25, 0.3) is 0 Å². The molecule has 0 aromatic heterocycles. The van der Waals surface area contributed by atoms with Gasteiger partial charge in [-0.2, -0.15) is 0 Å². The van der Waals surface area contributed by atoms with Crippen LogP contribution >= 0.6 is 0 Å². The Morgan fingerprint density at radius 3 is 1.92 bits per heavy atom. The maximum absolute atomic E-state index is 14.2. The fourth-order valence-electron chi connectivity index (χ4n) is 7.08. The molecule has 0 spiro atoms. The molecule has 1 saturated heterocycles. The highest BCUT2D eigenvalue weighted by molar-refractivity contribution is 5.94. The minimum Gasteiger partial charge on any atom is -0.444 e. The van der Waals surface area contributed by atoms with Crippen LogP contribution in [0.2, 0.25) is 0 Å². The summed E-state index contributed by atoms with van der Waals surface area (Å²) < 4.78 is 39.8. The number of nitrogens with zero attached hydrogens (tertiary/aromatic N) is 2. The van der Waals surface area contributed by atoms with Gasteiger partial charge in [0.2, 0.25) is 17.7 Å². The number of amides is 4. The lowest BCUT2D eigenvalue weighted by molar-refractivity contribution is -0.144. The predicted octanol–water partition coefficient (Wildman–Crippen LogP) is 4.85. The van der Waals surface area contributed by atoms with Crippen LogP contribution in [0.15, 0.2) is 54.6 Å². The van der Waals surface area contributed by atoms with E-state index in [-0.39, 0.29) is 17.9 Å². The van der Waals surface area contributed by atoms with E-state index in [1.807, 2.05) is 75.4 Å². The predicted molar refractivity (Wildman–Crippen MR) is 230 cm³/mol. The number of ether oxygens (including phenoxy) is 7. The number of likely N-dealkylation sites (tertiary alicyclic amines) is 1. The summed E-state index contributed by atoms with van der Waals surface area (Å²) in [5.41, 5.74) is 1.78. The van der Waals surface area contributed by atoms with Crippen molar-refractivity contribution in [3.8, 4) is 0 Å². The molecule has 15 heteroatoms. The molecule has 0 bridgehead atoms. The average molecular weight is 855 g/mol. The molecule has 4 rings (SSSR count). The van der Waals surface area contributed by atoms with Crippen molar-refractivity contribution in [1.29, 1.82) is 0 Å². The monoisotopic (exact) mass is 855 g/mol. The Balaban J connectivity index is 1.17. The fraction of sp³-hybridized carbons (Fsp3) is 0.652. The number of likely N-dealkylation sites (N-methyl/N-ethyl adjacent to an activating group) is 1. The van der Waals surface area contributed by atoms with Crippen LogP contribution in [0.1, 0.15) is 84.0 Å².